The Morgan fingerprint density at radius 2 is 2.13 bits per heavy atom. The number of nitrogens with zero attached hydrogens (tertiary/aromatic N) is 2. The van der Waals surface area contributed by atoms with Crippen LogP contribution in [0.1, 0.15) is 6.92 Å². The second kappa shape index (κ2) is 4.55. The Bertz CT molecular complexity index is 426. The lowest BCUT2D eigenvalue weighted by Crippen LogP contribution is -1.98. The van der Waals surface area contributed by atoms with Gasteiger partial charge in [-0.1, -0.05) is 6.07 Å². The minimum absolute atomic E-state index is 0.878. The van der Waals surface area contributed by atoms with Crippen molar-refractivity contribution in [1.82, 2.24) is 9.97 Å². The normalized spacial score (nSPS) is 9.93. The summed E-state index contributed by atoms with van der Waals surface area (Å²) in [6.07, 6.45) is 5.43. The Morgan fingerprint density at radius 1 is 1.20 bits per heavy atom. The van der Waals surface area contributed by atoms with E-state index in [0.29, 0.717) is 0 Å². The van der Waals surface area contributed by atoms with Crippen LogP contribution in [0.25, 0.3) is 11.1 Å². The highest BCUT2D eigenvalue weighted by atomic mass is 15.0. The first-order chi connectivity index (χ1) is 7.40. The molecule has 1 N–H and O–H groups in total. The molecule has 0 radical (unpaired) electrons. The molecule has 0 aliphatic heterocycles. The zero-order chi connectivity index (χ0) is 10.5. The molecule has 2 aromatic rings. The van der Waals surface area contributed by atoms with Crippen molar-refractivity contribution in [3.63, 3.8) is 0 Å². The second-order valence-corrected chi connectivity index (χ2v) is 3.20. The lowest BCUT2D eigenvalue weighted by atomic mass is 10.1. The van der Waals surface area contributed by atoms with Crippen molar-refractivity contribution in [3.05, 3.63) is 42.9 Å². The minimum atomic E-state index is 0.878. The van der Waals surface area contributed by atoms with E-state index in [1.54, 1.807) is 12.4 Å². The molecule has 2 rings (SSSR count). The Hall–Kier alpha value is -1.90. The van der Waals surface area contributed by atoms with E-state index in [1.165, 1.54) is 0 Å². The van der Waals surface area contributed by atoms with Crippen molar-refractivity contribution in [3.8, 4) is 11.1 Å². The number of hydrogen-bond donors (Lipinski definition) is 1. The summed E-state index contributed by atoms with van der Waals surface area (Å²) >= 11 is 0. The molecule has 0 fully saturated rings. The lowest BCUT2D eigenvalue weighted by molar-refractivity contribution is 1.16. The molecular formula is C12H13N3. The number of nitrogens with one attached hydrogen (secondary N) is 1. The topological polar surface area (TPSA) is 37.8 Å². The van der Waals surface area contributed by atoms with Crippen LogP contribution in [0.5, 0.6) is 0 Å². The van der Waals surface area contributed by atoms with Crippen molar-refractivity contribution < 1.29 is 0 Å². The summed E-state index contributed by atoms with van der Waals surface area (Å²) in [6.45, 7) is 2.93. The third kappa shape index (κ3) is 2.31. The van der Waals surface area contributed by atoms with E-state index in [0.717, 1.165) is 23.5 Å². The Labute approximate surface area is 89.2 Å². The molecule has 3 nitrogen and oxygen atoms in total. The average molecular weight is 199 g/mol. The predicted octanol–water partition coefficient (Wildman–Crippen LogP) is 2.58. The van der Waals surface area contributed by atoms with Crippen LogP contribution in [0.3, 0.4) is 0 Å². The molecule has 0 aromatic carbocycles. The molecular weight excluding hydrogens is 186 g/mol. The summed E-state index contributed by atoms with van der Waals surface area (Å²) < 4.78 is 0. The lowest BCUT2D eigenvalue weighted by Gasteiger charge is -2.04. The maximum absolute atomic E-state index is 4.22. The third-order valence-corrected chi connectivity index (χ3v) is 2.11. The highest BCUT2D eigenvalue weighted by molar-refractivity contribution is 5.65. The van der Waals surface area contributed by atoms with Gasteiger partial charge in [0.1, 0.15) is 5.82 Å². The first-order valence-electron chi connectivity index (χ1n) is 5.00. The van der Waals surface area contributed by atoms with Crippen LogP contribution in [0.15, 0.2) is 42.9 Å². The second-order valence-electron chi connectivity index (χ2n) is 3.20. The van der Waals surface area contributed by atoms with Gasteiger partial charge in [-0.05, 0) is 30.7 Å². The first-order valence-corrected chi connectivity index (χ1v) is 5.00. The summed E-state index contributed by atoms with van der Waals surface area (Å²) in [6, 6.07) is 7.99. The van der Waals surface area contributed by atoms with Gasteiger partial charge in [-0.3, -0.25) is 4.98 Å². The Morgan fingerprint density at radius 3 is 2.87 bits per heavy atom. The highest BCUT2D eigenvalue weighted by Crippen LogP contribution is 2.19. The number of anilines is 1. The van der Waals surface area contributed by atoms with Crippen LogP contribution in [-0.4, -0.2) is 16.5 Å². The predicted molar refractivity (Wildman–Crippen MR) is 61.6 cm³/mol. The van der Waals surface area contributed by atoms with Gasteiger partial charge in [0.25, 0.3) is 0 Å². The first kappa shape index (κ1) is 9.65. The maximum atomic E-state index is 4.22. The maximum Gasteiger partial charge on any atom is 0.126 e. The standard InChI is InChI=1S/C12H13N3/c1-2-14-12-8-10(5-7-15-12)11-4-3-6-13-9-11/h3-9H,2H2,1H3,(H,14,15). The number of pyridine rings is 2. The molecule has 0 atom stereocenters. The number of aromatic nitrogens is 2. The number of rotatable bonds is 3. The van der Waals surface area contributed by atoms with Crippen molar-refractivity contribution >= 4 is 5.82 Å². The Kier molecular flexibility index (Phi) is 2.93. The van der Waals surface area contributed by atoms with E-state index in [9.17, 15) is 0 Å². The quantitative estimate of drug-likeness (QED) is 0.825. The van der Waals surface area contributed by atoms with Crippen LogP contribution >= 0.6 is 0 Å². The zero-order valence-corrected chi connectivity index (χ0v) is 8.64. The van der Waals surface area contributed by atoms with E-state index in [4.69, 9.17) is 0 Å². The van der Waals surface area contributed by atoms with E-state index in [1.807, 2.05) is 30.5 Å². The monoisotopic (exact) mass is 199 g/mol. The van der Waals surface area contributed by atoms with E-state index >= 15 is 0 Å². The largest absolute Gasteiger partial charge is 0.370 e. The summed E-state index contributed by atoms with van der Waals surface area (Å²) in [5.41, 5.74) is 2.24. The molecule has 15 heavy (non-hydrogen) atoms. The van der Waals surface area contributed by atoms with Gasteiger partial charge in [0.15, 0.2) is 0 Å². The van der Waals surface area contributed by atoms with Gasteiger partial charge in [0.05, 0.1) is 0 Å². The Balaban J connectivity index is 2.33. The van der Waals surface area contributed by atoms with Gasteiger partial charge >= 0.3 is 0 Å². The van der Waals surface area contributed by atoms with Crippen molar-refractivity contribution in [2.45, 2.75) is 6.92 Å². The van der Waals surface area contributed by atoms with Crippen molar-refractivity contribution in [1.29, 1.82) is 0 Å². The summed E-state index contributed by atoms with van der Waals surface area (Å²) in [5, 5.41) is 3.19. The molecule has 0 spiro atoms. The van der Waals surface area contributed by atoms with Crippen LogP contribution in [0.2, 0.25) is 0 Å². The molecule has 0 bridgehead atoms. The molecule has 76 valence electrons. The van der Waals surface area contributed by atoms with Crippen LogP contribution in [0.4, 0.5) is 5.82 Å². The molecule has 0 aliphatic carbocycles. The molecule has 0 saturated carbocycles. The van der Waals surface area contributed by atoms with Gasteiger partial charge in [-0.25, -0.2) is 4.98 Å². The van der Waals surface area contributed by atoms with Crippen LogP contribution in [0, 0.1) is 0 Å². The van der Waals surface area contributed by atoms with Gasteiger partial charge < -0.3 is 5.32 Å². The van der Waals surface area contributed by atoms with Gasteiger partial charge in [0.2, 0.25) is 0 Å². The van der Waals surface area contributed by atoms with Crippen LogP contribution in [-0.2, 0) is 0 Å². The third-order valence-electron chi connectivity index (χ3n) is 2.11. The molecule has 2 aromatic heterocycles. The molecule has 2 heterocycles. The van der Waals surface area contributed by atoms with E-state index in [-0.39, 0.29) is 0 Å². The molecule has 0 aliphatic rings. The molecule has 3 heteroatoms. The molecule has 0 unspecified atom stereocenters. The van der Waals surface area contributed by atoms with Crippen LogP contribution < -0.4 is 5.32 Å². The fraction of sp³-hybridized carbons (Fsp3) is 0.167. The van der Waals surface area contributed by atoms with E-state index < -0.39 is 0 Å². The smallest absolute Gasteiger partial charge is 0.126 e. The summed E-state index contributed by atoms with van der Waals surface area (Å²) in [5.74, 6) is 0.902. The van der Waals surface area contributed by atoms with Gasteiger partial charge in [0, 0.05) is 30.7 Å². The SMILES string of the molecule is CCNc1cc(-c2cccnc2)ccn1. The molecule has 0 saturated heterocycles. The van der Waals surface area contributed by atoms with Gasteiger partial charge in [-0.15, -0.1) is 0 Å². The van der Waals surface area contributed by atoms with Gasteiger partial charge in [-0.2, -0.15) is 0 Å². The number of hydrogen-bond acceptors (Lipinski definition) is 3. The van der Waals surface area contributed by atoms with E-state index in [2.05, 4.69) is 22.2 Å². The van der Waals surface area contributed by atoms with Crippen molar-refractivity contribution in [2.75, 3.05) is 11.9 Å². The highest BCUT2D eigenvalue weighted by Gasteiger charge is 1.98. The fourth-order valence-corrected chi connectivity index (χ4v) is 1.42. The minimum Gasteiger partial charge on any atom is -0.370 e. The zero-order valence-electron chi connectivity index (χ0n) is 8.64. The average Bonchev–Trinajstić information content (AvgIpc) is 2.31. The molecule has 0 amide bonds. The summed E-state index contributed by atoms with van der Waals surface area (Å²) in [4.78, 5) is 8.32. The summed E-state index contributed by atoms with van der Waals surface area (Å²) in [7, 11) is 0. The fourth-order valence-electron chi connectivity index (χ4n) is 1.42. The van der Waals surface area contributed by atoms with Crippen molar-refractivity contribution in [2.24, 2.45) is 0 Å².